The molecule has 7 nitrogen and oxygen atoms in total. The van der Waals surface area contributed by atoms with Gasteiger partial charge in [-0.2, -0.15) is 0 Å². The molecule has 33 heavy (non-hydrogen) atoms. The van der Waals surface area contributed by atoms with Crippen LogP contribution in [0.5, 0.6) is 5.75 Å². The Balaban J connectivity index is 1.83. The van der Waals surface area contributed by atoms with Crippen molar-refractivity contribution in [1.29, 1.82) is 0 Å². The zero-order valence-corrected chi connectivity index (χ0v) is 17.6. The lowest BCUT2D eigenvalue weighted by Crippen LogP contribution is -2.27. The van der Waals surface area contributed by atoms with Crippen LogP contribution in [0.15, 0.2) is 83.7 Å². The van der Waals surface area contributed by atoms with Crippen molar-refractivity contribution >= 4 is 28.4 Å². The van der Waals surface area contributed by atoms with E-state index in [9.17, 15) is 24.3 Å². The highest BCUT2D eigenvalue weighted by Crippen LogP contribution is 2.29. The van der Waals surface area contributed by atoms with Crippen molar-refractivity contribution in [1.82, 2.24) is 4.57 Å². The second-order valence-electron chi connectivity index (χ2n) is 7.28. The Kier molecular flexibility index (Phi) is 5.87. The molecule has 3 aromatic carbocycles. The van der Waals surface area contributed by atoms with Crippen LogP contribution in [0, 0.1) is 0 Å². The fourth-order valence-corrected chi connectivity index (χ4v) is 3.75. The number of rotatable bonds is 6. The Morgan fingerprint density at radius 1 is 0.818 bits per heavy atom. The normalized spacial score (nSPS) is 10.7. The number of pyridine rings is 1. The van der Waals surface area contributed by atoms with E-state index in [4.69, 9.17) is 4.74 Å². The third-order valence-electron chi connectivity index (χ3n) is 5.30. The number of fused-ring (bicyclic) bond motifs is 1. The number of para-hydroxylation sites is 2. The van der Waals surface area contributed by atoms with Crippen LogP contribution < -0.4 is 5.56 Å². The van der Waals surface area contributed by atoms with Crippen molar-refractivity contribution in [3.63, 3.8) is 0 Å². The van der Waals surface area contributed by atoms with Crippen molar-refractivity contribution in [3.05, 3.63) is 106 Å². The fraction of sp³-hybridized carbons (Fsp3) is 0.0769. The molecule has 4 rings (SSSR count). The topological polar surface area (TPSA) is 103 Å². The number of carbonyl (C=O) groups is 3. The van der Waals surface area contributed by atoms with Crippen LogP contribution in [0.25, 0.3) is 16.6 Å². The maximum atomic E-state index is 13.4. The van der Waals surface area contributed by atoms with Gasteiger partial charge in [0, 0.05) is 16.6 Å². The second-order valence-corrected chi connectivity index (χ2v) is 7.28. The number of aromatic hydroxyl groups is 1. The van der Waals surface area contributed by atoms with Crippen LogP contribution in [0.3, 0.4) is 0 Å². The summed E-state index contributed by atoms with van der Waals surface area (Å²) >= 11 is 0. The van der Waals surface area contributed by atoms with Gasteiger partial charge in [0.25, 0.3) is 5.56 Å². The summed E-state index contributed by atoms with van der Waals surface area (Å²) in [5.74, 6) is -2.72. The number of benzene rings is 3. The summed E-state index contributed by atoms with van der Waals surface area (Å²) in [5.41, 5.74) is -0.276. The SMILES string of the molecule is COC(=O)c1ccccc1C(=O)CC(=O)c1c(O)c2ccccc2n(-c2ccccc2)c1=O. The first-order valence-electron chi connectivity index (χ1n) is 10.1. The fourth-order valence-electron chi connectivity index (χ4n) is 3.75. The zero-order chi connectivity index (χ0) is 23.5. The average molecular weight is 441 g/mol. The molecule has 164 valence electrons. The molecule has 0 aliphatic heterocycles. The molecule has 1 N–H and O–H groups in total. The van der Waals surface area contributed by atoms with Gasteiger partial charge in [-0.25, -0.2) is 4.79 Å². The number of ether oxygens (including phenoxy) is 1. The number of ketones is 2. The van der Waals surface area contributed by atoms with Gasteiger partial charge in [0.15, 0.2) is 11.6 Å². The van der Waals surface area contributed by atoms with E-state index in [-0.39, 0.29) is 11.1 Å². The lowest BCUT2D eigenvalue weighted by molar-refractivity contribution is 0.0596. The highest BCUT2D eigenvalue weighted by molar-refractivity contribution is 6.18. The Hall–Kier alpha value is -4.52. The molecular formula is C26H19NO6. The first-order valence-corrected chi connectivity index (χ1v) is 10.1. The highest BCUT2D eigenvalue weighted by Gasteiger charge is 2.26. The van der Waals surface area contributed by atoms with Crippen molar-refractivity contribution < 1.29 is 24.2 Å². The largest absolute Gasteiger partial charge is 0.506 e. The number of esters is 1. The van der Waals surface area contributed by atoms with Gasteiger partial charge in [0.2, 0.25) is 0 Å². The standard InChI is InChI=1S/C26H19NO6/c1-33-26(32)18-12-6-5-11-17(18)21(28)15-22(29)23-24(30)19-13-7-8-14-20(19)27(25(23)31)16-9-3-2-4-10-16/h2-14,30H,15H2,1H3. The van der Waals surface area contributed by atoms with Gasteiger partial charge < -0.3 is 9.84 Å². The quantitative estimate of drug-likeness (QED) is 0.276. The smallest absolute Gasteiger partial charge is 0.338 e. The number of carbonyl (C=O) groups excluding carboxylic acids is 3. The molecule has 0 aliphatic rings. The Labute approximate surface area is 188 Å². The third-order valence-corrected chi connectivity index (χ3v) is 5.30. The van der Waals surface area contributed by atoms with Crippen LogP contribution in [0.2, 0.25) is 0 Å². The van der Waals surface area contributed by atoms with Crippen molar-refractivity contribution in [2.75, 3.05) is 7.11 Å². The molecule has 7 heteroatoms. The van der Waals surface area contributed by atoms with Gasteiger partial charge >= 0.3 is 5.97 Å². The number of hydrogen-bond acceptors (Lipinski definition) is 6. The average Bonchev–Trinajstić information content (AvgIpc) is 2.84. The van der Waals surface area contributed by atoms with E-state index >= 15 is 0 Å². The molecule has 1 heterocycles. The summed E-state index contributed by atoms with van der Waals surface area (Å²) in [6.45, 7) is 0. The molecule has 0 unspecified atom stereocenters. The van der Waals surface area contributed by atoms with Crippen LogP contribution in [-0.2, 0) is 4.74 Å². The summed E-state index contributed by atoms with van der Waals surface area (Å²) < 4.78 is 6.03. The molecule has 4 aromatic rings. The third kappa shape index (κ3) is 3.92. The summed E-state index contributed by atoms with van der Waals surface area (Å²) in [7, 11) is 1.19. The molecule has 0 saturated heterocycles. The monoisotopic (exact) mass is 441 g/mol. The molecule has 0 saturated carbocycles. The predicted octanol–water partition coefficient (Wildman–Crippen LogP) is 3.94. The van der Waals surface area contributed by atoms with Gasteiger partial charge in [0.1, 0.15) is 11.3 Å². The van der Waals surface area contributed by atoms with Crippen LogP contribution in [-0.4, -0.2) is 34.3 Å². The van der Waals surface area contributed by atoms with Gasteiger partial charge in [-0.3, -0.25) is 19.0 Å². The number of Topliss-reactive ketones (excluding diaryl/α,β-unsaturated/α-hetero) is 2. The molecular weight excluding hydrogens is 422 g/mol. The number of nitrogens with zero attached hydrogens (tertiary/aromatic N) is 1. The second kappa shape index (κ2) is 8.92. The van der Waals surface area contributed by atoms with Gasteiger partial charge in [-0.1, -0.05) is 48.5 Å². The van der Waals surface area contributed by atoms with Gasteiger partial charge in [0.05, 0.1) is 24.6 Å². The first-order chi connectivity index (χ1) is 15.9. The zero-order valence-electron chi connectivity index (χ0n) is 17.6. The van der Waals surface area contributed by atoms with E-state index in [0.29, 0.717) is 16.6 Å². The molecule has 0 aliphatic carbocycles. The van der Waals surface area contributed by atoms with E-state index < -0.39 is 40.8 Å². The molecule has 0 bridgehead atoms. The van der Waals surface area contributed by atoms with E-state index in [1.54, 1.807) is 66.7 Å². The van der Waals surface area contributed by atoms with E-state index in [1.807, 2.05) is 0 Å². The van der Waals surface area contributed by atoms with Gasteiger partial charge in [-0.15, -0.1) is 0 Å². The molecule has 0 fully saturated rings. The minimum atomic E-state index is -0.849. The summed E-state index contributed by atoms with van der Waals surface area (Å²) in [4.78, 5) is 51.4. The van der Waals surface area contributed by atoms with Crippen molar-refractivity contribution in [2.24, 2.45) is 0 Å². The summed E-state index contributed by atoms with van der Waals surface area (Å²) in [6, 6.07) is 21.3. The maximum absolute atomic E-state index is 13.4. The number of methoxy groups -OCH3 is 1. The van der Waals surface area contributed by atoms with Gasteiger partial charge in [-0.05, 0) is 30.3 Å². The number of hydrogen-bond donors (Lipinski definition) is 1. The van der Waals surface area contributed by atoms with Crippen molar-refractivity contribution in [2.45, 2.75) is 6.42 Å². The Morgan fingerprint density at radius 3 is 2.12 bits per heavy atom. The maximum Gasteiger partial charge on any atom is 0.338 e. The Morgan fingerprint density at radius 2 is 1.42 bits per heavy atom. The molecule has 0 spiro atoms. The molecule has 1 aromatic heterocycles. The lowest BCUT2D eigenvalue weighted by atomic mass is 9.97. The van der Waals surface area contributed by atoms with Crippen LogP contribution in [0.4, 0.5) is 0 Å². The molecule has 0 amide bonds. The lowest BCUT2D eigenvalue weighted by Gasteiger charge is -2.14. The minimum Gasteiger partial charge on any atom is -0.506 e. The summed E-state index contributed by atoms with van der Waals surface area (Å²) in [6.07, 6.45) is -0.704. The van der Waals surface area contributed by atoms with E-state index in [0.717, 1.165) is 0 Å². The Bertz CT molecular complexity index is 1450. The predicted molar refractivity (Wildman–Crippen MR) is 122 cm³/mol. The first kappa shape index (κ1) is 21.7. The highest BCUT2D eigenvalue weighted by atomic mass is 16.5. The molecule has 0 atom stereocenters. The van der Waals surface area contributed by atoms with E-state index in [2.05, 4.69) is 0 Å². The van der Waals surface area contributed by atoms with Crippen LogP contribution >= 0.6 is 0 Å². The number of aromatic nitrogens is 1. The molecule has 0 radical (unpaired) electrons. The summed E-state index contributed by atoms with van der Waals surface area (Å²) in [5, 5.41) is 11.1. The minimum absolute atomic E-state index is 0.00126. The van der Waals surface area contributed by atoms with Crippen LogP contribution in [0.1, 0.15) is 37.5 Å². The van der Waals surface area contributed by atoms with Crippen molar-refractivity contribution in [3.8, 4) is 11.4 Å². The van der Waals surface area contributed by atoms with E-state index in [1.165, 1.54) is 23.8 Å².